The summed E-state index contributed by atoms with van der Waals surface area (Å²) in [6.45, 7) is 6.40. The minimum atomic E-state index is -4.53. The maximum absolute atomic E-state index is 13.9. The van der Waals surface area contributed by atoms with E-state index in [0.717, 1.165) is 6.07 Å². The predicted octanol–water partition coefficient (Wildman–Crippen LogP) is 3.87. The normalized spacial score (nSPS) is 18.7. The quantitative estimate of drug-likeness (QED) is 0.532. The molecule has 12 heteroatoms. The van der Waals surface area contributed by atoms with Crippen molar-refractivity contribution in [1.29, 1.82) is 0 Å². The van der Waals surface area contributed by atoms with Crippen LogP contribution >= 0.6 is 12.4 Å². The predicted molar refractivity (Wildman–Crippen MR) is 127 cm³/mol. The fraction of sp³-hybridized carbons (Fsp3) is 0.478. The molecule has 2 aliphatic rings. The molecule has 0 radical (unpaired) electrons. The van der Waals surface area contributed by atoms with Crippen molar-refractivity contribution >= 4 is 35.3 Å². The van der Waals surface area contributed by atoms with Crippen molar-refractivity contribution in [1.82, 2.24) is 24.4 Å². The standard InChI is InChI=1S/C23H25F3N6O2.ClH/c1-14-27-21(31-10-8-30(9-11-31)15(2)33)19-22(28-14)32(16-7-12-34-13-16)20(29-19)17-5-3-4-6-18(17)23(24,25)26;/h3-6,16H,7-13H2,1-2H3;1H. The van der Waals surface area contributed by atoms with Gasteiger partial charge in [-0.3, -0.25) is 4.79 Å². The van der Waals surface area contributed by atoms with Crippen LogP contribution in [0.1, 0.15) is 30.8 Å². The van der Waals surface area contributed by atoms with Crippen molar-refractivity contribution in [3.8, 4) is 11.4 Å². The minimum absolute atomic E-state index is 0. The zero-order chi connectivity index (χ0) is 24.0. The number of ether oxygens (including phenoxy) is 1. The van der Waals surface area contributed by atoms with Gasteiger partial charge in [0.15, 0.2) is 17.0 Å². The highest BCUT2D eigenvalue weighted by Gasteiger charge is 2.36. The van der Waals surface area contributed by atoms with Gasteiger partial charge in [0.25, 0.3) is 0 Å². The van der Waals surface area contributed by atoms with Crippen LogP contribution in [0.2, 0.25) is 0 Å². The van der Waals surface area contributed by atoms with Crippen LogP contribution in [-0.4, -0.2) is 69.7 Å². The summed E-state index contributed by atoms with van der Waals surface area (Å²) in [7, 11) is 0. The number of aromatic nitrogens is 4. The van der Waals surface area contributed by atoms with Crippen molar-refractivity contribution in [3.63, 3.8) is 0 Å². The van der Waals surface area contributed by atoms with Crippen molar-refractivity contribution < 1.29 is 22.7 Å². The molecule has 0 bridgehead atoms. The molecule has 0 spiro atoms. The number of rotatable bonds is 3. The van der Waals surface area contributed by atoms with E-state index in [2.05, 4.69) is 9.97 Å². The highest BCUT2D eigenvalue weighted by atomic mass is 35.5. The van der Waals surface area contributed by atoms with Gasteiger partial charge in [0, 0.05) is 45.3 Å². The molecule has 2 saturated heterocycles. The number of benzene rings is 1. The van der Waals surface area contributed by atoms with Crippen LogP contribution in [0.4, 0.5) is 19.0 Å². The van der Waals surface area contributed by atoms with Crippen LogP contribution in [0.3, 0.4) is 0 Å². The number of imidazole rings is 1. The molecule has 2 fully saturated rings. The molecule has 35 heavy (non-hydrogen) atoms. The third kappa shape index (κ3) is 4.66. The minimum Gasteiger partial charge on any atom is -0.379 e. The molecular formula is C23H26ClF3N6O2. The van der Waals surface area contributed by atoms with Crippen molar-refractivity contribution in [2.75, 3.05) is 44.3 Å². The Balaban J connectivity index is 0.00000289. The number of nitrogens with zero attached hydrogens (tertiary/aromatic N) is 6. The van der Waals surface area contributed by atoms with E-state index in [0.29, 0.717) is 68.6 Å². The van der Waals surface area contributed by atoms with E-state index in [4.69, 9.17) is 9.72 Å². The average molecular weight is 511 g/mol. The lowest BCUT2D eigenvalue weighted by molar-refractivity contribution is -0.137. The van der Waals surface area contributed by atoms with Crippen LogP contribution in [-0.2, 0) is 15.7 Å². The maximum Gasteiger partial charge on any atom is 0.417 e. The molecule has 2 aliphatic heterocycles. The summed E-state index contributed by atoms with van der Waals surface area (Å²) in [5, 5.41) is 0. The summed E-state index contributed by atoms with van der Waals surface area (Å²) in [6, 6.07) is 5.29. The Hall–Kier alpha value is -2.92. The second kappa shape index (κ2) is 9.62. The zero-order valence-corrected chi connectivity index (χ0v) is 20.2. The molecule has 3 aromatic rings. The van der Waals surface area contributed by atoms with Gasteiger partial charge in [-0.1, -0.05) is 18.2 Å². The number of fused-ring (bicyclic) bond motifs is 1. The Kier molecular flexibility index (Phi) is 6.92. The van der Waals surface area contributed by atoms with E-state index in [1.807, 2.05) is 4.90 Å². The third-order valence-corrected chi connectivity index (χ3v) is 6.40. The summed E-state index contributed by atoms with van der Waals surface area (Å²) in [5.74, 6) is 1.31. The largest absolute Gasteiger partial charge is 0.417 e. The number of amides is 1. The third-order valence-electron chi connectivity index (χ3n) is 6.40. The van der Waals surface area contributed by atoms with Gasteiger partial charge in [-0.25, -0.2) is 15.0 Å². The number of carbonyl (C=O) groups excluding carboxylic acids is 1. The summed E-state index contributed by atoms with van der Waals surface area (Å²) >= 11 is 0. The lowest BCUT2D eigenvalue weighted by atomic mass is 10.1. The maximum atomic E-state index is 13.9. The molecule has 4 heterocycles. The number of hydrogen-bond donors (Lipinski definition) is 0. The molecule has 1 aromatic carbocycles. The smallest absolute Gasteiger partial charge is 0.379 e. The van der Waals surface area contributed by atoms with Gasteiger partial charge in [0.05, 0.1) is 18.2 Å². The Morgan fingerprint density at radius 3 is 2.43 bits per heavy atom. The van der Waals surface area contributed by atoms with Crippen LogP contribution in [0.25, 0.3) is 22.6 Å². The monoisotopic (exact) mass is 510 g/mol. The van der Waals surface area contributed by atoms with E-state index in [1.54, 1.807) is 29.4 Å². The van der Waals surface area contributed by atoms with Crippen LogP contribution in [0.5, 0.6) is 0 Å². The van der Waals surface area contributed by atoms with E-state index in [9.17, 15) is 18.0 Å². The average Bonchev–Trinajstić information content (AvgIpc) is 3.45. The number of hydrogen-bond acceptors (Lipinski definition) is 6. The molecule has 0 saturated carbocycles. The Morgan fingerprint density at radius 1 is 1.09 bits per heavy atom. The molecule has 5 rings (SSSR count). The van der Waals surface area contributed by atoms with E-state index >= 15 is 0 Å². The van der Waals surface area contributed by atoms with Gasteiger partial charge >= 0.3 is 6.18 Å². The number of halogens is 4. The molecule has 2 aromatic heterocycles. The molecule has 188 valence electrons. The zero-order valence-electron chi connectivity index (χ0n) is 19.4. The number of anilines is 1. The summed E-state index contributed by atoms with van der Waals surface area (Å²) < 4.78 is 49.1. The first kappa shape index (κ1) is 25.2. The van der Waals surface area contributed by atoms with Gasteiger partial charge in [0.2, 0.25) is 5.91 Å². The van der Waals surface area contributed by atoms with Crippen molar-refractivity contribution in [2.45, 2.75) is 32.5 Å². The molecule has 0 N–H and O–H groups in total. The lowest BCUT2D eigenvalue weighted by Crippen LogP contribution is -2.48. The second-order valence-corrected chi connectivity index (χ2v) is 8.63. The lowest BCUT2D eigenvalue weighted by Gasteiger charge is -2.35. The molecule has 1 amide bonds. The van der Waals surface area contributed by atoms with Crippen LogP contribution in [0.15, 0.2) is 24.3 Å². The fourth-order valence-corrected chi connectivity index (χ4v) is 4.71. The first-order chi connectivity index (χ1) is 16.2. The van der Waals surface area contributed by atoms with E-state index < -0.39 is 11.7 Å². The number of alkyl halides is 3. The Morgan fingerprint density at radius 2 is 1.80 bits per heavy atom. The van der Waals surface area contributed by atoms with Gasteiger partial charge in [0.1, 0.15) is 11.6 Å². The Labute approximate surface area is 206 Å². The van der Waals surface area contributed by atoms with Gasteiger partial charge in [-0.05, 0) is 19.4 Å². The molecule has 8 nitrogen and oxygen atoms in total. The number of carbonyl (C=O) groups is 1. The Bertz CT molecular complexity index is 1230. The molecule has 1 atom stereocenters. The van der Waals surface area contributed by atoms with Gasteiger partial charge in [-0.15, -0.1) is 12.4 Å². The first-order valence-electron chi connectivity index (χ1n) is 11.3. The van der Waals surface area contributed by atoms with Crippen LogP contribution in [0, 0.1) is 6.92 Å². The second-order valence-electron chi connectivity index (χ2n) is 8.63. The summed E-state index contributed by atoms with van der Waals surface area (Å²) in [5.41, 5.74) is 0.219. The van der Waals surface area contributed by atoms with Gasteiger partial charge in [-0.2, -0.15) is 13.2 Å². The summed E-state index contributed by atoms with van der Waals surface area (Å²) in [6.07, 6.45) is -3.87. The van der Waals surface area contributed by atoms with Gasteiger partial charge < -0.3 is 19.1 Å². The highest BCUT2D eigenvalue weighted by Crippen LogP contribution is 2.40. The molecule has 0 aliphatic carbocycles. The SMILES string of the molecule is CC(=O)N1CCN(c2nc(C)nc3c2nc(-c2ccccc2C(F)(F)F)n3C2CCOC2)CC1.Cl. The molecule has 1 unspecified atom stereocenters. The van der Waals surface area contributed by atoms with Crippen molar-refractivity contribution in [2.24, 2.45) is 0 Å². The van der Waals surface area contributed by atoms with E-state index in [-0.39, 0.29) is 35.7 Å². The summed E-state index contributed by atoms with van der Waals surface area (Å²) in [4.78, 5) is 29.5. The first-order valence-corrected chi connectivity index (χ1v) is 11.3. The van der Waals surface area contributed by atoms with E-state index in [1.165, 1.54) is 12.1 Å². The van der Waals surface area contributed by atoms with Crippen LogP contribution < -0.4 is 4.90 Å². The highest BCUT2D eigenvalue weighted by molar-refractivity contribution is 5.88. The molecular weight excluding hydrogens is 485 g/mol. The van der Waals surface area contributed by atoms with Crippen molar-refractivity contribution in [3.05, 3.63) is 35.7 Å². The topological polar surface area (TPSA) is 76.4 Å². The number of aryl methyl sites for hydroxylation is 1. The number of piperazine rings is 1. The fourth-order valence-electron chi connectivity index (χ4n) is 4.71.